The van der Waals surface area contributed by atoms with Crippen molar-refractivity contribution in [3.8, 4) is 0 Å². The molecule has 0 heterocycles. The molecule has 6 heteroatoms. The van der Waals surface area contributed by atoms with Gasteiger partial charge in [-0.05, 0) is 40.5 Å². The number of nitrogens with zero attached hydrogens (tertiary/aromatic N) is 1. The maximum absolute atomic E-state index is 11.6. The lowest BCUT2D eigenvalue weighted by molar-refractivity contribution is -0.155. The zero-order valence-electron chi connectivity index (χ0n) is 14.8. The summed E-state index contributed by atoms with van der Waals surface area (Å²) in [4.78, 5) is 24.1. The second-order valence-electron chi connectivity index (χ2n) is 6.29. The van der Waals surface area contributed by atoms with Crippen molar-refractivity contribution in [1.29, 1.82) is 0 Å². The molecule has 0 aliphatic rings. The number of hydrogen-bond donors (Lipinski definition) is 1. The predicted molar refractivity (Wildman–Crippen MR) is 92.2 cm³/mol. The van der Waals surface area contributed by atoms with Crippen LogP contribution in [0.4, 0.5) is 0 Å². The second kappa shape index (κ2) is 12.7. The van der Waals surface area contributed by atoms with Crippen LogP contribution in [0.1, 0.15) is 60.8 Å². The minimum Gasteiger partial charge on any atom is -0.460 e. The third kappa shape index (κ3) is 19.2. The van der Waals surface area contributed by atoms with Gasteiger partial charge < -0.3 is 9.47 Å². The number of aliphatic imine (C=N–C) groups is 1. The van der Waals surface area contributed by atoms with Crippen molar-refractivity contribution in [3.05, 3.63) is 0 Å². The normalized spacial score (nSPS) is 13.2. The van der Waals surface area contributed by atoms with E-state index in [0.717, 1.165) is 12.8 Å². The molecule has 1 atom stereocenters. The van der Waals surface area contributed by atoms with Gasteiger partial charge in [0.15, 0.2) is 0 Å². The molecule has 0 rings (SSSR count). The topological polar surface area (TPSA) is 65.0 Å². The van der Waals surface area contributed by atoms with Gasteiger partial charge in [-0.15, -0.1) is 0 Å². The monoisotopic (exact) mass is 333 g/mol. The van der Waals surface area contributed by atoms with E-state index in [1.54, 1.807) is 0 Å². The number of carbonyl (C=O) groups excluding carboxylic acids is 2. The summed E-state index contributed by atoms with van der Waals surface area (Å²) in [5, 5.41) is 0. The number of carbonyl (C=O) groups is 1. The zero-order valence-corrected chi connectivity index (χ0v) is 15.7. The molecule has 0 spiro atoms. The van der Waals surface area contributed by atoms with Crippen molar-refractivity contribution in [2.24, 2.45) is 4.99 Å². The fourth-order valence-electron chi connectivity index (χ4n) is 1.33. The van der Waals surface area contributed by atoms with Crippen LogP contribution in [-0.4, -0.2) is 42.2 Å². The van der Waals surface area contributed by atoms with Gasteiger partial charge in [-0.2, -0.15) is 12.6 Å². The fourth-order valence-corrected chi connectivity index (χ4v) is 1.55. The van der Waals surface area contributed by atoms with Crippen molar-refractivity contribution in [2.75, 3.05) is 19.8 Å². The van der Waals surface area contributed by atoms with Crippen LogP contribution in [0, 0.1) is 0 Å². The summed E-state index contributed by atoms with van der Waals surface area (Å²) in [6.07, 6.45) is 3.60. The van der Waals surface area contributed by atoms with Crippen LogP contribution < -0.4 is 0 Å². The summed E-state index contributed by atoms with van der Waals surface area (Å²) in [6.45, 7) is 13.2. The number of esters is 1. The molecule has 0 saturated heterocycles. The van der Waals surface area contributed by atoms with E-state index in [4.69, 9.17) is 9.47 Å². The van der Waals surface area contributed by atoms with Gasteiger partial charge in [0.25, 0.3) is 0 Å². The number of ether oxygens (including phenoxy) is 2. The van der Waals surface area contributed by atoms with Gasteiger partial charge in [-0.25, -0.2) is 9.79 Å². The number of isocyanates is 1. The molecule has 0 amide bonds. The van der Waals surface area contributed by atoms with E-state index in [-0.39, 0.29) is 12.4 Å². The average Bonchev–Trinajstić information content (AvgIpc) is 2.34. The molecule has 0 bridgehead atoms. The Bertz CT molecular complexity index is 345. The average molecular weight is 333 g/mol. The summed E-state index contributed by atoms with van der Waals surface area (Å²) in [5.41, 5.74) is -0.439. The number of rotatable bonds is 8. The van der Waals surface area contributed by atoms with Gasteiger partial charge in [0.1, 0.15) is 5.60 Å². The Morgan fingerprint density at radius 1 is 1.18 bits per heavy atom. The standard InChI is InChI=1S/C12H24O3S.C4H7NO/c1-6-7-14-9-12(5,16)8-10(13)15-11(2,3)4;1-2-3-5-4-6/h16H,6-9H2,1-5H3;2-3H2,1H3. The molecular formula is C16H31NO4S. The lowest BCUT2D eigenvalue weighted by atomic mass is 10.1. The van der Waals surface area contributed by atoms with Crippen molar-refractivity contribution >= 4 is 24.7 Å². The molecule has 0 saturated carbocycles. The highest BCUT2D eigenvalue weighted by Crippen LogP contribution is 2.21. The molecular weight excluding hydrogens is 302 g/mol. The Morgan fingerprint density at radius 2 is 1.77 bits per heavy atom. The lowest BCUT2D eigenvalue weighted by Crippen LogP contribution is -2.32. The molecule has 0 aromatic carbocycles. The fraction of sp³-hybridized carbons (Fsp3) is 0.875. The largest absolute Gasteiger partial charge is 0.460 e. The molecule has 0 N–H and O–H groups in total. The molecule has 0 aromatic rings. The first-order valence-electron chi connectivity index (χ1n) is 7.63. The van der Waals surface area contributed by atoms with E-state index in [0.29, 0.717) is 19.8 Å². The van der Waals surface area contributed by atoms with E-state index in [9.17, 15) is 9.59 Å². The SMILES string of the molecule is CCCN=C=O.CCCOCC(C)(S)CC(=O)OC(C)(C)C. The van der Waals surface area contributed by atoms with Gasteiger partial charge in [-0.3, -0.25) is 4.79 Å². The molecule has 0 fully saturated rings. The minimum atomic E-state index is -0.461. The Morgan fingerprint density at radius 3 is 2.14 bits per heavy atom. The van der Waals surface area contributed by atoms with Crippen LogP contribution in [0.15, 0.2) is 4.99 Å². The molecule has 0 radical (unpaired) electrons. The Kier molecular flexibility index (Phi) is 13.5. The van der Waals surface area contributed by atoms with E-state index < -0.39 is 10.3 Å². The first-order valence-corrected chi connectivity index (χ1v) is 8.08. The summed E-state index contributed by atoms with van der Waals surface area (Å²) in [7, 11) is 0. The number of thiol groups is 1. The van der Waals surface area contributed by atoms with Crippen LogP contribution in [0.25, 0.3) is 0 Å². The molecule has 1 unspecified atom stereocenters. The van der Waals surface area contributed by atoms with Crippen molar-refractivity contribution < 1.29 is 19.1 Å². The van der Waals surface area contributed by atoms with Crippen LogP contribution in [0.2, 0.25) is 0 Å². The Hall–Kier alpha value is -0.840. The Labute approximate surface area is 140 Å². The van der Waals surface area contributed by atoms with E-state index in [1.165, 1.54) is 6.08 Å². The summed E-state index contributed by atoms with van der Waals surface area (Å²) in [5.74, 6) is -0.231. The predicted octanol–water partition coefficient (Wildman–Crippen LogP) is 3.57. The molecule has 0 aromatic heterocycles. The molecule has 130 valence electrons. The second-order valence-corrected chi connectivity index (χ2v) is 7.37. The summed E-state index contributed by atoms with van der Waals surface area (Å²) in [6, 6.07) is 0. The molecule has 5 nitrogen and oxygen atoms in total. The maximum atomic E-state index is 11.6. The van der Waals surface area contributed by atoms with Crippen LogP contribution in [0.5, 0.6) is 0 Å². The number of hydrogen-bond acceptors (Lipinski definition) is 6. The lowest BCUT2D eigenvalue weighted by Gasteiger charge is -2.25. The molecule has 0 aliphatic heterocycles. The highest BCUT2D eigenvalue weighted by Gasteiger charge is 2.27. The quantitative estimate of drug-likeness (QED) is 0.242. The van der Waals surface area contributed by atoms with E-state index in [2.05, 4.69) is 17.6 Å². The van der Waals surface area contributed by atoms with E-state index >= 15 is 0 Å². The summed E-state index contributed by atoms with van der Waals surface area (Å²) >= 11 is 4.42. The van der Waals surface area contributed by atoms with Crippen molar-refractivity contribution in [3.63, 3.8) is 0 Å². The first-order chi connectivity index (χ1) is 10.1. The van der Waals surface area contributed by atoms with Crippen molar-refractivity contribution in [2.45, 2.75) is 71.2 Å². The van der Waals surface area contributed by atoms with Crippen LogP contribution >= 0.6 is 12.6 Å². The van der Waals surface area contributed by atoms with Crippen LogP contribution in [0.3, 0.4) is 0 Å². The third-order valence-corrected chi connectivity index (χ3v) is 2.39. The first kappa shape index (κ1) is 23.4. The highest BCUT2D eigenvalue weighted by atomic mass is 32.1. The van der Waals surface area contributed by atoms with Gasteiger partial charge in [0.05, 0.1) is 19.6 Å². The molecule has 22 heavy (non-hydrogen) atoms. The highest BCUT2D eigenvalue weighted by molar-refractivity contribution is 7.81. The Balaban J connectivity index is 0. The molecule has 0 aliphatic carbocycles. The van der Waals surface area contributed by atoms with Gasteiger partial charge in [-0.1, -0.05) is 13.8 Å². The van der Waals surface area contributed by atoms with Gasteiger partial charge in [0.2, 0.25) is 6.08 Å². The summed E-state index contributed by atoms with van der Waals surface area (Å²) < 4.78 is 10.2. The third-order valence-electron chi connectivity index (χ3n) is 2.11. The van der Waals surface area contributed by atoms with E-state index in [1.807, 2.05) is 41.5 Å². The van der Waals surface area contributed by atoms with Gasteiger partial charge >= 0.3 is 5.97 Å². The smallest absolute Gasteiger partial charge is 0.307 e. The maximum Gasteiger partial charge on any atom is 0.307 e. The zero-order chi connectivity index (χ0) is 17.6. The minimum absolute atomic E-state index is 0.231. The van der Waals surface area contributed by atoms with Gasteiger partial charge in [0, 0.05) is 11.4 Å². The van der Waals surface area contributed by atoms with Crippen molar-refractivity contribution in [1.82, 2.24) is 0 Å². The van der Waals surface area contributed by atoms with Crippen LogP contribution in [-0.2, 0) is 19.1 Å².